The van der Waals surface area contributed by atoms with E-state index in [1.807, 2.05) is 6.92 Å². The van der Waals surface area contributed by atoms with Gasteiger partial charge in [-0.15, -0.1) is 0 Å². The number of carbonyl (C=O) groups is 1. The van der Waals surface area contributed by atoms with E-state index in [0.717, 1.165) is 5.56 Å². The quantitative estimate of drug-likeness (QED) is 0.824. The zero-order valence-corrected chi connectivity index (χ0v) is 11.0. The Morgan fingerprint density at radius 3 is 2.68 bits per heavy atom. The maximum Gasteiger partial charge on any atom is 0.255 e. The number of amides is 1. The van der Waals surface area contributed by atoms with Crippen molar-refractivity contribution in [3.8, 4) is 0 Å². The Kier molecular flexibility index (Phi) is 3.71. The van der Waals surface area contributed by atoms with Crippen LogP contribution in [0.5, 0.6) is 0 Å². The Hall–Kier alpha value is -2.07. The fourth-order valence-corrected chi connectivity index (χ4v) is 1.99. The van der Waals surface area contributed by atoms with Gasteiger partial charge in [-0.25, -0.2) is 4.39 Å². The summed E-state index contributed by atoms with van der Waals surface area (Å²) in [6.07, 6.45) is 0. The number of benzene rings is 2. The van der Waals surface area contributed by atoms with Crippen LogP contribution in [0.3, 0.4) is 0 Å². The standard InChI is InChI=1S/C14H12ClFN2O/c1-8-4-9(6-10(15)5-8)14(19)18-13-7-11(17)2-3-12(13)16/h2-7H,17H2,1H3,(H,18,19). The molecule has 0 radical (unpaired) electrons. The van der Waals surface area contributed by atoms with Gasteiger partial charge in [0.2, 0.25) is 0 Å². The Morgan fingerprint density at radius 2 is 2.00 bits per heavy atom. The van der Waals surface area contributed by atoms with E-state index >= 15 is 0 Å². The van der Waals surface area contributed by atoms with Gasteiger partial charge in [0.25, 0.3) is 5.91 Å². The molecular formula is C14H12ClFN2O. The van der Waals surface area contributed by atoms with E-state index in [-0.39, 0.29) is 5.69 Å². The molecule has 0 unspecified atom stereocenters. The first kappa shape index (κ1) is 13.4. The Bertz CT molecular complexity index is 623. The highest BCUT2D eigenvalue weighted by Gasteiger charge is 2.10. The van der Waals surface area contributed by atoms with Gasteiger partial charge in [0, 0.05) is 16.3 Å². The first-order chi connectivity index (χ1) is 8.95. The van der Waals surface area contributed by atoms with Gasteiger partial charge in [0.1, 0.15) is 5.82 Å². The normalized spacial score (nSPS) is 10.3. The molecule has 0 aliphatic heterocycles. The number of nitrogens with one attached hydrogen (secondary N) is 1. The van der Waals surface area contributed by atoms with E-state index in [2.05, 4.69) is 5.32 Å². The molecule has 98 valence electrons. The number of halogens is 2. The number of nitrogen functional groups attached to an aromatic ring is 1. The summed E-state index contributed by atoms with van der Waals surface area (Å²) in [5, 5.41) is 2.93. The molecule has 3 nitrogen and oxygen atoms in total. The lowest BCUT2D eigenvalue weighted by molar-refractivity contribution is 0.102. The topological polar surface area (TPSA) is 55.1 Å². The van der Waals surface area contributed by atoms with Crippen molar-refractivity contribution in [3.63, 3.8) is 0 Å². The molecule has 3 N–H and O–H groups in total. The van der Waals surface area contributed by atoms with Crippen LogP contribution in [0.2, 0.25) is 5.02 Å². The number of hydrogen-bond donors (Lipinski definition) is 2. The average Bonchev–Trinajstić information content (AvgIpc) is 2.32. The van der Waals surface area contributed by atoms with Crippen LogP contribution in [0, 0.1) is 12.7 Å². The zero-order chi connectivity index (χ0) is 14.0. The van der Waals surface area contributed by atoms with E-state index < -0.39 is 11.7 Å². The van der Waals surface area contributed by atoms with Gasteiger partial charge in [-0.1, -0.05) is 11.6 Å². The van der Waals surface area contributed by atoms with E-state index in [0.29, 0.717) is 16.3 Å². The molecular weight excluding hydrogens is 267 g/mol. The lowest BCUT2D eigenvalue weighted by Gasteiger charge is -2.08. The molecule has 2 rings (SSSR count). The third-order valence-corrected chi connectivity index (χ3v) is 2.76. The molecule has 0 heterocycles. The average molecular weight is 279 g/mol. The molecule has 0 aromatic heterocycles. The van der Waals surface area contributed by atoms with Gasteiger partial charge in [-0.2, -0.15) is 0 Å². The van der Waals surface area contributed by atoms with Gasteiger partial charge in [-0.3, -0.25) is 4.79 Å². The Labute approximate surface area is 115 Å². The highest BCUT2D eigenvalue weighted by atomic mass is 35.5. The summed E-state index contributed by atoms with van der Waals surface area (Å²) in [6, 6.07) is 8.92. The highest BCUT2D eigenvalue weighted by Crippen LogP contribution is 2.20. The van der Waals surface area contributed by atoms with Crippen molar-refractivity contribution in [1.82, 2.24) is 0 Å². The van der Waals surface area contributed by atoms with Crippen LogP contribution in [0.1, 0.15) is 15.9 Å². The van der Waals surface area contributed by atoms with Crippen molar-refractivity contribution in [2.24, 2.45) is 0 Å². The smallest absolute Gasteiger partial charge is 0.255 e. The Morgan fingerprint density at radius 1 is 1.26 bits per heavy atom. The molecule has 0 fully saturated rings. The van der Waals surface area contributed by atoms with Crippen LogP contribution in [0.15, 0.2) is 36.4 Å². The lowest BCUT2D eigenvalue weighted by atomic mass is 10.1. The second kappa shape index (κ2) is 5.28. The summed E-state index contributed by atoms with van der Waals surface area (Å²) in [5.41, 5.74) is 7.19. The van der Waals surface area contributed by atoms with Gasteiger partial charge >= 0.3 is 0 Å². The third kappa shape index (κ3) is 3.23. The minimum Gasteiger partial charge on any atom is -0.399 e. The summed E-state index contributed by atoms with van der Waals surface area (Å²) >= 11 is 5.88. The minimum atomic E-state index is -0.540. The fourth-order valence-electron chi connectivity index (χ4n) is 1.70. The van der Waals surface area contributed by atoms with Gasteiger partial charge in [-0.05, 0) is 48.9 Å². The summed E-state index contributed by atoms with van der Waals surface area (Å²) in [7, 11) is 0. The predicted octanol–water partition coefficient (Wildman–Crippen LogP) is 3.62. The summed E-state index contributed by atoms with van der Waals surface area (Å²) in [6.45, 7) is 1.82. The summed E-state index contributed by atoms with van der Waals surface area (Å²) < 4.78 is 13.5. The molecule has 0 aliphatic rings. The first-order valence-corrected chi connectivity index (χ1v) is 5.97. The lowest BCUT2D eigenvalue weighted by Crippen LogP contribution is -2.13. The second-order valence-electron chi connectivity index (χ2n) is 4.21. The number of hydrogen-bond acceptors (Lipinski definition) is 2. The highest BCUT2D eigenvalue weighted by molar-refractivity contribution is 6.31. The van der Waals surface area contributed by atoms with Gasteiger partial charge < -0.3 is 11.1 Å². The van der Waals surface area contributed by atoms with Crippen LogP contribution in [0.25, 0.3) is 0 Å². The molecule has 5 heteroatoms. The van der Waals surface area contributed by atoms with Crippen molar-refractivity contribution in [2.75, 3.05) is 11.1 Å². The van der Waals surface area contributed by atoms with Crippen LogP contribution in [-0.4, -0.2) is 5.91 Å². The maximum absolute atomic E-state index is 13.5. The van der Waals surface area contributed by atoms with Crippen LogP contribution < -0.4 is 11.1 Å². The van der Waals surface area contributed by atoms with E-state index in [1.165, 1.54) is 24.3 Å². The third-order valence-electron chi connectivity index (χ3n) is 2.54. The van der Waals surface area contributed by atoms with Crippen LogP contribution in [0.4, 0.5) is 15.8 Å². The van der Waals surface area contributed by atoms with Crippen LogP contribution in [-0.2, 0) is 0 Å². The zero-order valence-electron chi connectivity index (χ0n) is 10.2. The Balaban J connectivity index is 2.28. The van der Waals surface area contributed by atoms with E-state index in [1.54, 1.807) is 12.1 Å². The molecule has 0 atom stereocenters. The SMILES string of the molecule is Cc1cc(Cl)cc(C(=O)Nc2cc(N)ccc2F)c1. The van der Waals surface area contributed by atoms with Gasteiger partial charge in [0.15, 0.2) is 0 Å². The largest absolute Gasteiger partial charge is 0.399 e. The molecule has 19 heavy (non-hydrogen) atoms. The molecule has 0 bridgehead atoms. The van der Waals surface area contributed by atoms with E-state index in [9.17, 15) is 9.18 Å². The minimum absolute atomic E-state index is 0.0441. The monoisotopic (exact) mass is 278 g/mol. The fraction of sp³-hybridized carbons (Fsp3) is 0.0714. The van der Waals surface area contributed by atoms with Crippen molar-refractivity contribution in [1.29, 1.82) is 0 Å². The molecule has 0 saturated carbocycles. The first-order valence-electron chi connectivity index (χ1n) is 5.59. The molecule has 2 aromatic carbocycles. The van der Waals surface area contributed by atoms with E-state index in [4.69, 9.17) is 17.3 Å². The molecule has 0 saturated heterocycles. The molecule has 1 amide bonds. The van der Waals surface area contributed by atoms with Crippen molar-refractivity contribution < 1.29 is 9.18 Å². The maximum atomic E-state index is 13.5. The van der Waals surface area contributed by atoms with Crippen molar-refractivity contribution in [2.45, 2.75) is 6.92 Å². The number of carbonyl (C=O) groups excluding carboxylic acids is 1. The molecule has 2 aromatic rings. The van der Waals surface area contributed by atoms with Gasteiger partial charge in [0.05, 0.1) is 5.69 Å². The number of nitrogens with two attached hydrogens (primary N) is 1. The number of aryl methyl sites for hydroxylation is 1. The second-order valence-corrected chi connectivity index (χ2v) is 4.65. The number of rotatable bonds is 2. The van der Waals surface area contributed by atoms with Crippen LogP contribution >= 0.6 is 11.6 Å². The summed E-state index contributed by atoms with van der Waals surface area (Å²) in [4.78, 5) is 12.0. The predicted molar refractivity (Wildman–Crippen MR) is 75.0 cm³/mol. The summed E-state index contributed by atoms with van der Waals surface area (Å²) in [5.74, 6) is -0.976. The van der Waals surface area contributed by atoms with Crippen molar-refractivity contribution in [3.05, 3.63) is 58.4 Å². The molecule has 0 spiro atoms. The number of anilines is 2. The van der Waals surface area contributed by atoms with Crippen molar-refractivity contribution >= 4 is 28.9 Å². The molecule has 0 aliphatic carbocycles.